The second-order valence-corrected chi connectivity index (χ2v) is 5.44. The molecule has 1 aliphatic rings. The van der Waals surface area contributed by atoms with E-state index in [1.165, 1.54) is 0 Å². The second kappa shape index (κ2) is 6.20. The van der Waals surface area contributed by atoms with Crippen LogP contribution in [0, 0.1) is 0 Å². The first-order valence-corrected chi connectivity index (χ1v) is 7.22. The Morgan fingerprint density at radius 1 is 1.05 bits per heavy atom. The van der Waals surface area contributed by atoms with E-state index in [0.717, 1.165) is 49.3 Å². The predicted molar refractivity (Wildman–Crippen MR) is 81.1 cm³/mol. The van der Waals surface area contributed by atoms with Crippen molar-refractivity contribution in [1.29, 1.82) is 0 Å². The molecule has 1 N–H and O–H groups in total. The lowest BCUT2D eigenvalue weighted by molar-refractivity contribution is -0.138. The highest BCUT2D eigenvalue weighted by Crippen LogP contribution is 2.13. The van der Waals surface area contributed by atoms with E-state index in [2.05, 4.69) is 28.1 Å². The van der Waals surface area contributed by atoms with Crippen molar-refractivity contribution in [2.75, 3.05) is 32.7 Å². The lowest BCUT2D eigenvalue weighted by atomic mass is 10.2. The summed E-state index contributed by atoms with van der Waals surface area (Å²) in [5.41, 5.74) is 2.10. The van der Waals surface area contributed by atoms with Gasteiger partial charge in [-0.25, -0.2) is 0 Å². The van der Waals surface area contributed by atoms with Gasteiger partial charge in [0.25, 0.3) is 0 Å². The summed E-state index contributed by atoms with van der Waals surface area (Å²) in [5.74, 6) is -0.750. The topological polar surface area (TPSA) is 56.7 Å². The van der Waals surface area contributed by atoms with Crippen molar-refractivity contribution < 1.29 is 9.90 Å². The quantitative estimate of drug-likeness (QED) is 0.921. The maximum absolute atomic E-state index is 10.7. The summed E-state index contributed by atoms with van der Waals surface area (Å²) in [7, 11) is 0. The van der Waals surface area contributed by atoms with Crippen molar-refractivity contribution in [2.24, 2.45) is 0 Å². The number of benzene rings is 1. The van der Waals surface area contributed by atoms with Gasteiger partial charge < -0.3 is 5.11 Å². The zero-order valence-electron chi connectivity index (χ0n) is 11.9. The standard InChI is InChI=1S/C16H19N3O2/c20-16(21)12-19-9-7-18(8-10-19)11-14-6-5-13-3-1-2-4-15(13)17-14/h1-6H,7-12H2,(H,20,21). The highest BCUT2D eigenvalue weighted by Gasteiger charge is 2.18. The van der Waals surface area contributed by atoms with Crippen LogP contribution in [0.2, 0.25) is 0 Å². The van der Waals surface area contributed by atoms with Crippen LogP contribution in [0.1, 0.15) is 5.69 Å². The second-order valence-electron chi connectivity index (χ2n) is 5.44. The van der Waals surface area contributed by atoms with Crippen LogP contribution in [0.5, 0.6) is 0 Å². The lowest BCUT2D eigenvalue weighted by Gasteiger charge is -2.33. The third-order valence-corrected chi connectivity index (χ3v) is 3.87. The molecule has 5 nitrogen and oxygen atoms in total. The fraction of sp³-hybridized carbons (Fsp3) is 0.375. The Morgan fingerprint density at radius 2 is 1.76 bits per heavy atom. The van der Waals surface area contributed by atoms with Crippen molar-refractivity contribution in [3.8, 4) is 0 Å². The number of rotatable bonds is 4. The van der Waals surface area contributed by atoms with Crippen LogP contribution in [0.3, 0.4) is 0 Å². The van der Waals surface area contributed by atoms with Crippen LogP contribution in [0.4, 0.5) is 0 Å². The summed E-state index contributed by atoms with van der Waals surface area (Å²) in [5, 5.41) is 9.96. The smallest absolute Gasteiger partial charge is 0.317 e. The van der Waals surface area contributed by atoms with Crippen LogP contribution < -0.4 is 0 Å². The Hall–Kier alpha value is -1.98. The first kappa shape index (κ1) is 14.0. The number of carboxylic acids is 1. The number of aromatic nitrogens is 1. The van der Waals surface area contributed by atoms with Crippen molar-refractivity contribution in [3.05, 3.63) is 42.1 Å². The fourth-order valence-corrected chi connectivity index (χ4v) is 2.72. The van der Waals surface area contributed by atoms with E-state index in [4.69, 9.17) is 5.11 Å². The lowest BCUT2D eigenvalue weighted by Crippen LogP contribution is -2.47. The molecule has 0 atom stereocenters. The highest BCUT2D eigenvalue weighted by atomic mass is 16.4. The number of fused-ring (bicyclic) bond motifs is 1. The van der Waals surface area contributed by atoms with Crippen LogP contribution in [0.25, 0.3) is 10.9 Å². The van der Waals surface area contributed by atoms with E-state index < -0.39 is 5.97 Å². The fourth-order valence-electron chi connectivity index (χ4n) is 2.72. The predicted octanol–water partition coefficient (Wildman–Crippen LogP) is 1.44. The maximum Gasteiger partial charge on any atom is 0.317 e. The summed E-state index contributed by atoms with van der Waals surface area (Å²) in [6.45, 7) is 4.36. The Balaban J connectivity index is 1.60. The zero-order valence-corrected chi connectivity index (χ0v) is 11.9. The summed E-state index contributed by atoms with van der Waals surface area (Å²) in [6, 6.07) is 12.3. The number of carboxylic acid groups (broad SMARTS) is 1. The number of piperazine rings is 1. The molecule has 0 amide bonds. The molecule has 5 heteroatoms. The summed E-state index contributed by atoms with van der Waals surface area (Å²) >= 11 is 0. The number of pyridine rings is 1. The van der Waals surface area contributed by atoms with E-state index in [0.29, 0.717) is 0 Å². The van der Waals surface area contributed by atoms with Gasteiger partial charge in [0, 0.05) is 38.1 Å². The third-order valence-electron chi connectivity index (χ3n) is 3.87. The first-order chi connectivity index (χ1) is 10.2. The van der Waals surface area contributed by atoms with Crippen molar-refractivity contribution >= 4 is 16.9 Å². The maximum atomic E-state index is 10.7. The minimum Gasteiger partial charge on any atom is -0.480 e. The molecule has 0 bridgehead atoms. The molecular weight excluding hydrogens is 266 g/mol. The molecule has 0 saturated carbocycles. The molecule has 2 aromatic rings. The Labute approximate surface area is 123 Å². The molecule has 0 spiro atoms. The molecule has 3 rings (SSSR count). The Kier molecular flexibility index (Phi) is 4.13. The number of hydrogen-bond acceptors (Lipinski definition) is 4. The average molecular weight is 285 g/mol. The van der Waals surface area contributed by atoms with Crippen molar-refractivity contribution in [3.63, 3.8) is 0 Å². The number of para-hydroxylation sites is 1. The molecule has 1 aromatic heterocycles. The van der Waals surface area contributed by atoms with Gasteiger partial charge in [-0.1, -0.05) is 24.3 Å². The van der Waals surface area contributed by atoms with E-state index in [1.807, 2.05) is 23.1 Å². The molecule has 2 heterocycles. The molecule has 21 heavy (non-hydrogen) atoms. The number of aliphatic carboxylic acids is 1. The Bertz CT molecular complexity index is 636. The molecule has 110 valence electrons. The van der Waals surface area contributed by atoms with Gasteiger partial charge >= 0.3 is 5.97 Å². The monoisotopic (exact) mass is 285 g/mol. The van der Waals surface area contributed by atoms with Gasteiger partial charge in [0.2, 0.25) is 0 Å². The van der Waals surface area contributed by atoms with Gasteiger partial charge in [-0.15, -0.1) is 0 Å². The van der Waals surface area contributed by atoms with Crippen molar-refractivity contribution in [1.82, 2.24) is 14.8 Å². The van der Waals surface area contributed by atoms with Gasteiger partial charge in [0.05, 0.1) is 17.8 Å². The van der Waals surface area contributed by atoms with Gasteiger partial charge in [0.15, 0.2) is 0 Å². The number of nitrogens with zero attached hydrogens (tertiary/aromatic N) is 3. The minimum atomic E-state index is -0.750. The number of hydrogen-bond donors (Lipinski definition) is 1. The van der Waals surface area contributed by atoms with E-state index in [9.17, 15) is 4.79 Å². The van der Waals surface area contributed by atoms with Gasteiger partial charge in [-0.2, -0.15) is 0 Å². The van der Waals surface area contributed by atoms with Gasteiger partial charge in [-0.3, -0.25) is 19.6 Å². The van der Waals surface area contributed by atoms with Crippen LogP contribution in [-0.2, 0) is 11.3 Å². The van der Waals surface area contributed by atoms with Crippen molar-refractivity contribution in [2.45, 2.75) is 6.54 Å². The normalized spacial score (nSPS) is 17.1. The molecular formula is C16H19N3O2. The zero-order chi connectivity index (χ0) is 14.7. The molecule has 1 aliphatic heterocycles. The van der Waals surface area contributed by atoms with Gasteiger partial charge in [-0.05, 0) is 12.1 Å². The third kappa shape index (κ3) is 3.56. The summed E-state index contributed by atoms with van der Waals surface area (Å²) in [4.78, 5) is 19.7. The largest absolute Gasteiger partial charge is 0.480 e. The SMILES string of the molecule is O=C(O)CN1CCN(Cc2ccc3ccccc3n2)CC1. The summed E-state index contributed by atoms with van der Waals surface area (Å²) < 4.78 is 0. The summed E-state index contributed by atoms with van der Waals surface area (Å²) in [6.07, 6.45) is 0. The Morgan fingerprint density at radius 3 is 2.52 bits per heavy atom. The highest BCUT2D eigenvalue weighted by molar-refractivity contribution is 5.78. The molecule has 0 radical (unpaired) electrons. The minimum absolute atomic E-state index is 0.141. The average Bonchev–Trinajstić information content (AvgIpc) is 2.49. The van der Waals surface area contributed by atoms with Crippen LogP contribution >= 0.6 is 0 Å². The van der Waals surface area contributed by atoms with Crippen LogP contribution in [-0.4, -0.2) is 58.6 Å². The van der Waals surface area contributed by atoms with Gasteiger partial charge in [0.1, 0.15) is 0 Å². The van der Waals surface area contributed by atoms with Crippen LogP contribution in [0.15, 0.2) is 36.4 Å². The molecule has 0 aliphatic carbocycles. The van der Waals surface area contributed by atoms with E-state index >= 15 is 0 Å². The first-order valence-electron chi connectivity index (χ1n) is 7.22. The number of carbonyl (C=O) groups is 1. The molecule has 1 fully saturated rings. The molecule has 1 aromatic carbocycles. The molecule has 1 saturated heterocycles. The molecule has 0 unspecified atom stereocenters. The van der Waals surface area contributed by atoms with E-state index in [1.54, 1.807) is 0 Å². The van der Waals surface area contributed by atoms with E-state index in [-0.39, 0.29) is 6.54 Å².